The second-order valence-corrected chi connectivity index (χ2v) is 10.4. The van der Waals surface area contributed by atoms with E-state index in [1.54, 1.807) is 11.8 Å². The molecular formula is C22H24ClN3O5S. The van der Waals surface area contributed by atoms with Crippen molar-refractivity contribution in [3.8, 4) is 5.75 Å². The van der Waals surface area contributed by atoms with Crippen molar-refractivity contribution in [1.82, 2.24) is 9.21 Å². The van der Waals surface area contributed by atoms with E-state index < -0.39 is 16.1 Å². The zero-order valence-corrected chi connectivity index (χ0v) is 19.6. The molecule has 0 bridgehead atoms. The predicted molar refractivity (Wildman–Crippen MR) is 121 cm³/mol. The molecule has 2 aliphatic rings. The quantitative estimate of drug-likeness (QED) is 0.733. The summed E-state index contributed by atoms with van der Waals surface area (Å²) < 4.78 is 33.4. The van der Waals surface area contributed by atoms with Gasteiger partial charge in [0.1, 0.15) is 10.6 Å². The van der Waals surface area contributed by atoms with E-state index in [-0.39, 0.29) is 53.7 Å². The summed E-state index contributed by atoms with van der Waals surface area (Å²) in [7, 11) is -3.91. The van der Waals surface area contributed by atoms with E-state index in [1.807, 2.05) is 32.0 Å². The summed E-state index contributed by atoms with van der Waals surface area (Å²) in [5.74, 6) is -0.184. The third-order valence-corrected chi connectivity index (χ3v) is 7.94. The summed E-state index contributed by atoms with van der Waals surface area (Å²) in [5.41, 5.74) is 2.94. The van der Waals surface area contributed by atoms with Crippen LogP contribution in [0.15, 0.2) is 35.2 Å². The molecule has 2 amide bonds. The number of amides is 2. The van der Waals surface area contributed by atoms with Crippen LogP contribution in [0.25, 0.3) is 0 Å². The number of benzene rings is 2. The molecule has 2 aromatic carbocycles. The van der Waals surface area contributed by atoms with E-state index in [4.69, 9.17) is 16.3 Å². The van der Waals surface area contributed by atoms with Crippen LogP contribution in [0.4, 0.5) is 5.69 Å². The lowest BCUT2D eigenvalue weighted by molar-refractivity contribution is -0.122. The van der Waals surface area contributed by atoms with Crippen molar-refractivity contribution in [2.75, 3.05) is 31.5 Å². The standard InChI is InChI=1S/C22H24ClN3O5S/c1-13-8-14(2)10-16(9-13)22(28)25-4-6-26(7-5-25)32(29,30)20-12-19-18(11-17(20)23)24-21(27)15(3)31-19/h8-12,15H,4-7H2,1-3H3,(H,24,27). The largest absolute Gasteiger partial charge is 0.479 e. The highest BCUT2D eigenvalue weighted by Crippen LogP contribution is 2.38. The number of halogens is 1. The monoisotopic (exact) mass is 477 g/mol. The third kappa shape index (κ3) is 4.20. The van der Waals surface area contributed by atoms with Gasteiger partial charge in [-0.25, -0.2) is 8.42 Å². The van der Waals surface area contributed by atoms with Crippen LogP contribution >= 0.6 is 11.6 Å². The molecule has 0 aromatic heterocycles. The molecule has 0 saturated carbocycles. The summed E-state index contributed by atoms with van der Waals surface area (Å²) >= 11 is 6.26. The highest BCUT2D eigenvalue weighted by molar-refractivity contribution is 7.89. The Morgan fingerprint density at radius 1 is 1.06 bits per heavy atom. The minimum Gasteiger partial charge on any atom is -0.479 e. The van der Waals surface area contributed by atoms with E-state index in [0.29, 0.717) is 11.3 Å². The molecule has 32 heavy (non-hydrogen) atoms. The Morgan fingerprint density at radius 2 is 1.69 bits per heavy atom. The molecule has 170 valence electrons. The van der Waals surface area contributed by atoms with Crippen LogP contribution in [0, 0.1) is 13.8 Å². The summed E-state index contributed by atoms with van der Waals surface area (Å²) in [6.45, 7) is 6.31. The van der Waals surface area contributed by atoms with Gasteiger partial charge in [0.25, 0.3) is 11.8 Å². The molecule has 4 rings (SSSR count). The van der Waals surface area contributed by atoms with Gasteiger partial charge in [-0.1, -0.05) is 28.8 Å². The van der Waals surface area contributed by atoms with E-state index in [1.165, 1.54) is 16.4 Å². The number of nitrogens with zero attached hydrogens (tertiary/aromatic N) is 2. The fourth-order valence-electron chi connectivity index (χ4n) is 3.96. The molecule has 2 heterocycles. The first-order valence-electron chi connectivity index (χ1n) is 10.2. The molecule has 1 atom stereocenters. The number of nitrogens with one attached hydrogen (secondary N) is 1. The van der Waals surface area contributed by atoms with Gasteiger partial charge in [0.2, 0.25) is 10.0 Å². The molecule has 8 nitrogen and oxygen atoms in total. The molecule has 1 N–H and O–H groups in total. The summed E-state index contributed by atoms with van der Waals surface area (Å²) in [6.07, 6.45) is -0.737. The number of piperazine rings is 1. The number of ether oxygens (including phenoxy) is 1. The van der Waals surface area contributed by atoms with Gasteiger partial charge in [-0.3, -0.25) is 9.59 Å². The van der Waals surface area contributed by atoms with Crippen molar-refractivity contribution in [2.45, 2.75) is 31.8 Å². The SMILES string of the molecule is Cc1cc(C)cc(C(=O)N2CCN(S(=O)(=O)c3cc4c(cc3Cl)NC(=O)C(C)O4)CC2)c1. The van der Waals surface area contributed by atoms with Gasteiger partial charge in [0, 0.05) is 37.8 Å². The van der Waals surface area contributed by atoms with E-state index in [9.17, 15) is 18.0 Å². The highest BCUT2D eigenvalue weighted by Gasteiger charge is 2.34. The predicted octanol–water partition coefficient (Wildman–Crippen LogP) is 2.82. The second-order valence-electron chi connectivity index (χ2n) is 8.10. The Labute approximate surface area is 192 Å². The van der Waals surface area contributed by atoms with Gasteiger partial charge in [0.15, 0.2) is 6.10 Å². The first-order valence-corrected chi connectivity index (χ1v) is 12.1. The highest BCUT2D eigenvalue weighted by atomic mass is 35.5. The molecule has 2 aromatic rings. The zero-order chi connectivity index (χ0) is 23.2. The molecule has 1 fully saturated rings. The molecular weight excluding hydrogens is 454 g/mol. The van der Waals surface area contributed by atoms with Crippen molar-refractivity contribution in [1.29, 1.82) is 0 Å². The lowest BCUT2D eigenvalue weighted by atomic mass is 10.1. The summed E-state index contributed by atoms with van der Waals surface area (Å²) in [6, 6.07) is 8.40. The van der Waals surface area contributed by atoms with Crippen LogP contribution in [0.1, 0.15) is 28.4 Å². The molecule has 0 radical (unpaired) electrons. The number of anilines is 1. The van der Waals surface area contributed by atoms with Crippen LogP contribution < -0.4 is 10.1 Å². The number of aryl methyl sites for hydroxylation is 2. The Morgan fingerprint density at radius 3 is 2.31 bits per heavy atom. The van der Waals surface area contributed by atoms with Crippen LogP contribution in [0.3, 0.4) is 0 Å². The Balaban J connectivity index is 1.51. The van der Waals surface area contributed by atoms with Crippen LogP contribution in [-0.2, 0) is 14.8 Å². The first-order chi connectivity index (χ1) is 15.1. The van der Waals surface area contributed by atoms with Crippen LogP contribution in [-0.4, -0.2) is 61.7 Å². The van der Waals surface area contributed by atoms with Gasteiger partial charge >= 0.3 is 0 Å². The lowest BCUT2D eigenvalue weighted by Gasteiger charge is -2.34. The van der Waals surface area contributed by atoms with Crippen molar-refractivity contribution in [2.24, 2.45) is 0 Å². The average Bonchev–Trinajstić information content (AvgIpc) is 2.73. The maximum absolute atomic E-state index is 13.3. The summed E-state index contributed by atoms with van der Waals surface area (Å²) in [4.78, 5) is 26.2. The molecule has 10 heteroatoms. The first kappa shape index (κ1) is 22.6. The number of rotatable bonds is 3. The molecule has 0 aliphatic carbocycles. The molecule has 1 saturated heterocycles. The lowest BCUT2D eigenvalue weighted by Crippen LogP contribution is -2.50. The van der Waals surface area contributed by atoms with Gasteiger partial charge in [-0.2, -0.15) is 4.31 Å². The molecule has 1 unspecified atom stereocenters. The molecule has 0 spiro atoms. The van der Waals surface area contributed by atoms with Crippen LogP contribution in [0.2, 0.25) is 5.02 Å². The minimum absolute atomic E-state index is 0.00375. The Hall–Kier alpha value is -2.62. The number of carbonyl (C=O) groups is 2. The van der Waals surface area contributed by atoms with E-state index in [2.05, 4.69) is 5.32 Å². The van der Waals surface area contributed by atoms with Gasteiger partial charge in [0.05, 0.1) is 10.7 Å². The van der Waals surface area contributed by atoms with Crippen molar-refractivity contribution in [3.05, 3.63) is 52.0 Å². The number of fused-ring (bicyclic) bond motifs is 1. The second kappa shape index (κ2) is 8.38. The number of hydrogen-bond donors (Lipinski definition) is 1. The fourth-order valence-corrected chi connectivity index (χ4v) is 5.90. The maximum Gasteiger partial charge on any atom is 0.265 e. The van der Waals surface area contributed by atoms with Crippen molar-refractivity contribution >= 4 is 39.1 Å². The van der Waals surface area contributed by atoms with E-state index >= 15 is 0 Å². The summed E-state index contributed by atoms with van der Waals surface area (Å²) in [5, 5.41) is 2.65. The minimum atomic E-state index is -3.91. The van der Waals surface area contributed by atoms with Gasteiger partial charge < -0.3 is 15.0 Å². The van der Waals surface area contributed by atoms with Crippen LogP contribution in [0.5, 0.6) is 5.75 Å². The van der Waals surface area contributed by atoms with E-state index in [0.717, 1.165) is 11.1 Å². The van der Waals surface area contributed by atoms with Gasteiger partial charge in [-0.05, 0) is 39.0 Å². The number of carbonyl (C=O) groups excluding carboxylic acids is 2. The Kier molecular flexibility index (Phi) is 5.91. The number of hydrogen-bond acceptors (Lipinski definition) is 5. The maximum atomic E-state index is 13.3. The number of sulfonamides is 1. The fraction of sp³-hybridized carbons (Fsp3) is 0.364. The smallest absolute Gasteiger partial charge is 0.265 e. The normalized spacial score (nSPS) is 19.2. The van der Waals surface area contributed by atoms with Gasteiger partial charge in [-0.15, -0.1) is 0 Å². The third-order valence-electron chi connectivity index (χ3n) is 5.58. The van der Waals surface area contributed by atoms with Crippen molar-refractivity contribution in [3.63, 3.8) is 0 Å². The molecule has 2 aliphatic heterocycles. The zero-order valence-electron chi connectivity index (χ0n) is 18.0. The van der Waals surface area contributed by atoms with Crippen molar-refractivity contribution < 1.29 is 22.7 Å². The average molecular weight is 478 g/mol. The topological polar surface area (TPSA) is 96.0 Å². The Bertz CT molecular complexity index is 1190.